The smallest absolute Gasteiger partial charge is 0.0972 e. The number of nitrogens with zero attached hydrogens (tertiary/aromatic N) is 3. The maximum atomic E-state index is 5.20. The lowest BCUT2D eigenvalue weighted by molar-refractivity contribution is 1.28. The third-order valence-electron chi connectivity index (χ3n) is 12.5. The summed E-state index contributed by atoms with van der Waals surface area (Å²) in [5.41, 5.74) is 12.7. The molecule has 0 amide bonds. The Morgan fingerprint density at radius 3 is 1.40 bits per heavy atom. The normalized spacial score (nSPS) is 11.5. The summed E-state index contributed by atoms with van der Waals surface area (Å²) >= 11 is 0. The molecule has 0 fully saturated rings. The Morgan fingerprint density at radius 1 is 0.286 bits per heavy atom. The predicted octanol–water partition coefficient (Wildman–Crippen LogP) is 16.4. The molecule has 0 atom stereocenters. The fourth-order valence-electron chi connectivity index (χ4n) is 9.32. The molecule has 0 N–H and O–H groups in total. The zero-order valence-corrected chi connectivity index (χ0v) is 34.4. The van der Waals surface area contributed by atoms with E-state index in [0.717, 1.165) is 50.5 Å². The quantitative estimate of drug-likeness (QED) is 0.150. The van der Waals surface area contributed by atoms with Crippen molar-refractivity contribution in [2.24, 2.45) is 0 Å². The average molecular weight is 802 g/mol. The van der Waals surface area contributed by atoms with Crippen molar-refractivity contribution < 1.29 is 0 Å². The highest BCUT2D eigenvalue weighted by Crippen LogP contribution is 2.41. The van der Waals surface area contributed by atoms with Crippen LogP contribution in [0.2, 0.25) is 0 Å². The van der Waals surface area contributed by atoms with E-state index in [-0.39, 0.29) is 0 Å². The van der Waals surface area contributed by atoms with Gasteiger partial charge in [0, 0.05) is 39.8 Å². The van der Waals surface area contributed by atoms with Crippen LogP contribution >= 0.6 is 0 Å². The standard InChI is InChI=1S/C60H39N3/c1-2-12-44(13-3-1)60-59-48(15-10-36-61-59)39-58(62-60)43-26-33-51(34-27-43)63(49-29-22-41(23-30-49)46-21-20-40-11-4-5-14-45(40)37-46)50-31-24-42(25-32-50)47-28-35-56-54-18-7-6-16-52(54)53-17-8-9-19-55(53)57(56)38-47/h1-39H. The van der Waals surface area contributed by atoms with E-state index >= 15 is 0 Å². The maximum Gasteiger partial charge on any atom is 0.0972 e. The molecule has 10 aromatic carbocycles. The summed E-state index contributed by atoms with van der Waals surface area (Å²) in [6, 6.07) is 82.9. The number of pyridine rings is 2. The van der Waals surface area contributed by atoms with Crippen molar-refractivity contribution in [2.45, 2.75) is 0 Å². The number of anilines is 3. The van der Waals surface area contributed by atoms with E-state index in [1.165, 1.54) is 65.3 Å². The fourth-order valence-corrected chi connectivity index (χ4v) is 9.32. The molecule has 0 spiro atoms. The van der Waals surface area contributed by atoms with Crippen LogP contribution in [0.15, 0.2) is 237 Å². The molecule has 294 valence electrons. The fraction of sp³-hybridized carbons (Fsp3) is 0. The van der Waals surface area contributed by atoms with Gasteiger partial charge < -0.3 is 4.90 Å². The minimum Gasteiger partial charge on any atom is -0.311 e. The second kappa shape index (κ2) is 15.3. The highest BCUT2D eigenvalue weighted by molar-refractivity contribution is 6.25. The first-order valence-electron chi connectivity index (χ1n) is 21.5. The van der Waals surface area contributed by atoms with Crippen LogP contribution in [-0.4, -0.2) is 9.97 Å². The highest BCUT2D eigenvalue weighted by atomic mass is 15.1. The first kappa shape index (κ1) is 36.5. The number of benzene rings is 10. The Bertz CT molecular complexity index is 3620. The van der Waals surface area contributed by atoms with Gasteiger partial charge in [0.2, 0.25) is 0 Å². The van der Waals surface area contributed by atoms with Crippen molar-refractivity contribution in [2.75, 3.05) is 4.90 Å². The second-order valence-electron chi connectivity index (χ2n) is 16.2. The Hall–Kier alpha value is -8.40. The van der Waals surface area contributed by atoms with Crippen molar-refractivity contribution in [3.8, 4) is 44.8 Å². The van der Waals surface area contributed by atoms with Gasteiger partial charge in [0.05, 0.1) is 16.9 Å². The molecule has 0 bridgehead atoms. The minimum absolute atomic E-state index is 0.883. The van der Waals surface area contributed by atoms with Crippen molar-refractivity contribution in [1.82, 2.24) is 9.97 Å². The van der Waals surface area contributed by atoms with Gasteiger partial charge in [0.1, 0.15) is 0 Å². The van der Waals surface area contributed by atoms with E-state index in [0.29, 0.717) is 0 Å². The van der Waals surface area contributed by atoms with Crippen LogP contribution in [0.5, 0.6) is 0 Å². The maximum absolute atomic E-state index is 5.20. The third kappa shape index (κ3) is 6.55. The minimum atomic E-state index is 0.883. The molecule has 63 heavy (non-hydrogen) atoms. The van der Waals surface area contributed by atoms with Gasteiger partial charge >= 0.3 is 0 Å². The predicted molar refractivity (Wildman–Crippen MR) is 266 cm³/mol. The topological polar surface area (TPSA) is 29.0 Å². The molecular weight excluding hydrogens is 763 g/mol. The molecule has 3 heteroatoms. The van der Waals surface area contributed by atoms with Gasteiger partial charge in [-0.25, -0.2) is 4.98 Å². The summed E-state index contributed by atoms with van der Waals surface area (Å²) in [6.07, 6.45) is 1.84. The Labute approximate surface area is 365 Å². The molecule has 0 unspecified atom stereocenters. The molecule has 0 radical (unpaired) electrons. The average Bonchev–Trinajstić information content (AvgIpc) is 3.37. The van der Waals surface area contributed by atoms with E-state index in [4.69, 9.17) is 9.97 Å². The molecule has 12 aromatic rings. The van der Waals surface area contributed by atoms with Gasteiger partial charge in [-0.2, -0.15) is 0 Å². The molecule has 3 nitrogen and oxygen atoms in total. The van der Waals surface area contributed by atoms with Crippen molar-refractivity contribution in [3.63, 3.8) is 0 Å². The summed E-state index contributed by atoms with van der Waals surface area (Å²) in [7, 11) is 0. The van der Waals surface area contributed by atoms with Gasteiger partial charge in [-0.1, -0.05) is 170 Å². The number of hydrogen-bond donors (Lipinski definition) is 0. The van der Waals surface area contributed by atoms with Crippen LogP contribution in [0.1, 0.15) is 0 Å². The number of rotatable bonds is 7. The van der Waals surface area contributed by atoms with E-state index < -0.39 is 0 Å². The molecule has 0 saturated heterocycles. The molecule has 12 rings (SSSR count). The van der Waals surface area contributed by atoms with E-state index in [9.17, 15) is 0 Å². The largest absolute Gasteiger partial charge is 0.311 e. The Morgan fingerprint density at radius 2 is 0.762 bits per heavy atom. The number of aromatic nitrogens is 2. The monoisotopic (exact) mass is 801 g/mol. The molecule has 0 aliphatic rings. The van der Waals surface area contributed by atoms with E-state index in [1.807, 2.05) is 30.5 Å². The van der Waals surface area contributed by atoms with Crippen LogP contribution in [0.25, 0.3) is 98.8 Å². The number of fused-ring (bicyclic) bond motifs is 8. The SMILES string of the molecule is c1ccc(-c2nc(-c3ccc(N(c4ccc(-c5ccc6ccccc6c5)cc4)c4ccc(-c5ccc6c7ccccc7c7ccccc7c6c5)cc4)cc3)cc3cccnc23)cc1. The third-order valence-corrected chi connectivity index (χ3v) is 12.5. The highest BCUT2D eigenvalue weighted by Gasteiger charge is 2.17. The summed E-state index contributed by atoms with van der Waals surface area (Å²) in [5, 5.41) is 11.2. The summed E-state index contributed by atoms with van der Waals surface area (Å²) in [6.45, 7) is 0. The lowest BCUT2D eigenvalue weighted by Gasteiger charge is -2.26. The van der Waals surface area contributed by atoms with Gasteiger partial charge in [-0.05, 0) is 126 Å². The van der Waals surface area contributed by atoms with Gasteiger partial charge in [-0.3, -0.25) is 4.98 Å². The Kier molecular flexibility index (Phi) is 8.83. The summed E-state index contributed by atoms with van der Waals surface area (Å²) < 4.78 is 0. The molecule has 0 aliphatic heterocycles. The molecule has 0 saturated carbocycles. The molecule has 2 aromatic heterocycles. The van der Waals surface area contributed by atoms with Crippen LogP contribution in [0.4, 0.5) is 17.1 Å². The first-order valence-corrected chi connectivity index (χ1v) is 21.5. The second-order valence-corrected chi connectivity index (χ2v) is 16.2. The van der Waals surface area contributed by atoms with Crippen molar-refractivity contribution >= 4 is 71.1 Å². The van der Waals surface area contributed by atoms with E-state index in [2.05, 4.69) is 211 Å². The van der Waals surface area contributed by atoms with Crippen molar-refractivity contribution in [3.05, 3.63) is 237 Å². The van der Waals surface area contributed by atoms with Gasteiger partial charge in [0.25, 0.3) is 0 Å². The lowest BCUT2D eigenvalue weighted by atomic mass is 9.92. The van der Waals surface area contributed by atoms with Crippen molar-refractivity contribution in [1.29, 1.82) is 0 Å². The zero-order chi connectivity index (χ0) is 41.7. The van der Waals surface area contributed by atoms with Crippen LogP contribution in [-0.2, 0) is 0 Å². The lowest BCUT2D eigenvalue weighted by Crippen LogP contribution is -2.09. The zero-order valence-electron chi connectivity index (χ0n) is 34.4. The summed E-state index contributed by atoms with van der Waals surface area (Å²) in [5.74, 6) is 0. The summed E-state index contributed by atoms with van der Waals surface area (Å²) in [4.78, 5) is 12.3. The van der Waals surface area contributed by atoms with E-state index in [1.54, 1.807) is 0 Å². The molecule has 0 aliphatic carbocycles. The van der Waals surface area contributed by atoms with Crippen LogP contribution in [0.3, 0.4) is 0 Å². The Balaban J connectivity index is 0.940. The first-order chi connectivity index (χ1) is 31.2. The van der Waals surface area contributed by atoms with Crippen LogP contribution < -0.4 is 4.90 Å². The number of hydrogen-bond acceptors (Lipinski definition) is 3. The van der Waals surface area contributed by atoms with Gasteiger partial charge in [0.15, 0.2) is 0 Å². The molecule has 2 heterocycles. The van der Waals surface area contributed by atoms with Gasteiger partial charge in [-0.15, -0.1) is 0 Å². The van der Waals surface area contributed by atoms with Crippen LogP contribution in [0, 0.1) is 0 Å². The molecular formula is C60H39N3.